The topological polar surface area (TPSA) is 88.7 Å². The van der Waals surface area contributed by atoms with Crippen LogP contribution in [-0.2, 0) is 16.2 Å². The van der Waals surface area contributed by atoms with E-state index >= 15 is 0 Å². The van der Waals surface area contributed by atoms with Gasteiger partial charge in [0.15, 0.2) is 11.5 Å². The summed E-state index contributed by atoms with van der Waals surface area (Å²) in [4.78, 5) is 44.4. The molecule has 39 heavy (non-hydrogen) atoms. The summed E-state index contributed by atoms with van der Waals surface area (Å²) in [5.41, 5.74) is 2.18. The van der Waals surface area contributed by atoms with Crippen molar-refractivity contribution in [1.82, 2.24) is 4.98 Å². The predicted molar refractivity (Wildman–Crippen MR) is 155 cm³/mol. The molecule has 0 radical (unpaired) electrons. The van der Waals surface area contributed by atoms with E-state index in [0.29, 0.717) is 33.8 Å². The van der Waals surface area contributed by atoms with Crippen LogP contribution in [0.3, 0.4) is 0 Å². The molecule has 1 saturated heterocycles. The number of thioether (sulfide) groups is 1. The molecule has 3 atom stereocenters. The fourth-order valence-corrected chi connectivity index (χ4v) is 8.00. The summed E-state index contributed by atoms with van der Waals surface area (Å²) in [6.45, 7) is 0.291. The molecule has 0 saturated carbocycles. The molecule has 2 aliphatic heterocycles. The molecule has 3 unspecified atom stereocenters. The van der Waals surface area contributed by atoms with Crippen LogP contribution in [0, 0.1) is 5.92 Å². The van der Waals surface area contributed by atoms with E-state index in [1.807, 2.05) is 30.3 Å². The van der Waals surface area contributed by atoms with E-state index in [1.54, 1.807) is 43.5 Å². The Labute approximate surface area is 245 Å². The fourth-order valence-electron chi connectivity index (χ4n) is 5.01. The Morgan fingerprint density at radius 3 is 2.54 bits per heavy atom. The van der Waals surface area contributed by atoms with Gasteiger partial charge in [0.25, 0.3) is 0 Å². The third kappa shape index (κ3) is 4.80. The van der Waals surface area contributed by atoms with Crippen LogP contribution in [0.1, 0.15) is 21.9 Å². The van der Waals surface area contributed by atoms with E-state index in [-0.39, 0.29) is 16.7 Å². The highest BCUT2D eigenvalue weighted by Crippen LogP contribution is 2.53. The number of carbonyl (C=O) groups excluding carboxylic acids is 2. The minimum Gasteiger partial charge on any atom is -0.493 e. The van der Waals surface area contributed by atoms with Crippen LogP contribution in [0.5, 0.6) is 11.5 Å². The number of carbonyl (C=O) groups is 2. The van der Waals surface area contributed by atoms with Crippen molar-refractivity contribution in [2.24, 2.45) is 5.92 Å². The van der Waals surface area contributed by atoms with Gasteiger partial charge in [-0.1, -0.05) is 68.8 Å². The number of H-pyrrole nitrogens is 1. The van der Waals surface area contributed by atoms with Crippen LogP contribution in [0.15, 0.2) is 81.0 Å². The highest BCUT2D eigenvalue weighted by Gasteiger charge is 2.56. The lowest BCUT2D eigenvalue weighted by Crippen LogP contribution is -2.32. The first-order chi connectivity index (χ1) is 18.8. The summed E-state index contributed by atoms with van der Waals surface area (Å²) >= 11 is 11.8. The molecule has 6 rings (SSSR count). The lowest BCUT2D eigenvalue weighted by Gasteiger charge is -2.30. The maximum atomic E-state index is 13.9. The number of nitrogens with one attached hydrogen (secondary N) is 1. The second kappa shape index (κ2) is 10.5. The second-order valence-electron chi connectivity index (χ2n) is 9.07. The lowest BCUT2D eigenvalue weighted by atomic mass is 9.83. The summed E-state index contributed by atoms with van der Waals surface area (Å²) in [7, 11) is 1.55. The molecular formula is C28H20BrClN2O5S2. The summed E-state index contributed by atoms with van der Waals surface area (Å²) < 4.78 is 12.5. The zero-order valence-electron chi connectivity index (χ0n) is 20.4. The maximum Gasteiger partial charge on any atom is 0.305 e. The molecule has 1 fully saturated rings. The van der Waals surface area contributed by atoms with Crippen molar-refractivity contribution in [3.8, 4) is 11.5 Å². The Morgan fingerprint density at radius 1 is 1.00 bits per heavy atom. The zero-order chi connectivity index (χ0) is 27.3. The van der Waals surface area contributed by atoms with Gasteiger partial charge >= 0.3 is 4.87 Å². The summed E-state index contributed by atoms with van der Waals surface area (Å²) in [6.07, 6.45) is 0. The number of fused-ring (bicyclic) bond motifs is 2. The Hall–Kier alpha value is -3.05. The Balaban J connectivity index is 1.37. The highest BCUT2D eigenvalue weighted by atomic mass is 79.9. The third-order valence-corrected chi connectivity index (χ3v) is 9.90. The van der Waals surface area contributed by atoms with Gasteiger partial charge in [0.05, 0.1) is 23.7 Å². The van der Waals surface area contributed by atoms with Gasteiger partial charge in [-0.05, 0) is 59.7 Å². The first kappa shape index (κ1) is 26.2. The molecule has 198 valence electrons. The maximum absolute atomic E-state index is 13.9. The Kier molecular flexibility index (Phi) is 7.05. The van der Waals surface area contributed by atoms with Gasteiger partial charge in [0.2, 0.25) is 11.8 Å². The molecule has 0 spiro atoms. The van der Waals surface area contributed by atoms with Gasteiger partial charge in [0.1, 0.15) is 11.9 Å². The number of aromatic nitrogens is 1. The summed E-state index contributed by atoms with van der Waals surface area (Å²) in [5, 5.41) is 0.571. The van der Waals surface area contributed by atoms with Crippen LogP contribution in [-0.4, -0.2) is 29.2 Å². The minimum atomic E-state index is -0.687. The monoisotopic (exact) mass is 642 g/mol. The number of imide groups is 1. The molecule has 3 heterocycles. The van der Waals surface area contributed by atoms with E-state index in [2.05, 4.69) is 20.9 Å². The van der Waals surface area contributed by atoms with Crippen molar-refractivity contribution in [3.05, 3.63) is 102 Å². The Bertz CT molecular complexity index is 1650. The number of anilines is 1. The molecule has 0 bridgehead atoms. The molecule has 4 aromatic rings. The fraction of sp³-hybridized carbons (Fsp3) is 0.179. The summed E-state index contributed by atoms with van der Waals surface area (Å²) in [6, 6.07) is 19.9. The van der Waals surface area contributed by atoms with Crippen LogP contribution >= 0.6 is 50.6 Å². The number of aromatic amines is 1. The lowest BCUT2D eigenvalue weighted by molar-refractivity contribution is -0.122. The van der Waals surface area contributed by atoms with E-state index in [4.69, 9.17) is 21.1 Å². The molecule has 1 N–H and O–H groups in total. The minimum absolute atomic E-state index is 0.226. The van der Waals surface area contributed by atoms with Crippen molar-refractivity contribution in [2.75, 3.05) is 12.0 Å². The van der Waals surface area contributed by atoms with Crippen LogP contribution < -0.4 is 19.2 Å². The average molecular weight is 644 g/mol. The zero-order valence-corrected chi connectivity index (χ0v) is 24.3. The largest absolute Gasteiger partial charge is 0.493 e. The van der Waals surface area contributed by atoms with Crippen LogP contribution in [0.2, 0.25) is 5.02 Å². The summed E-state index contributed by atoms with van der Waals surface area (Å²) in [5.74, 6) is -0.785. The van der Waals surface area contributed by atoms with Crippen molar-refractivity contribution in [2.45, 2.75) is 22.8 Å². The number of hydrogen-bond acceptors (Lipinski definition) is 7. The number of methoxy groups -OCH3 is 1. The van der Waals surface area contributed by atoms with Crippen molar-refractivity contribution in [3.63, 3.8) is 0 Å². The van der Waals surface area contributed by atoms with Crippen molar-refractivity contribution < 1.29 is 19.1 Å². The molecule has 7 nitrogen and oxygen atoms in total. The second-order valence-corrected chi connectivity index (χ2v) is 12.6. The van der Waals surface area contributed by atoms with Gasteiger partial charge < -0.3 is 14.5 Å². The number of amides is 2. The Morgan fingerprint density at radius 2 is 1.79 bits per heavy atom. The van der Waals surface area contributed by atoms with Crippen molar-refractivity contribution >= 4 is 68.1 Å². The van der Waals surface area contributed by atoms with Gasteiger partial charge in [0, 0.05) is 20.3 Å². The molecule has 0 aliphatic carbocycles. The van der Waals surface area contributed by atoms with Crippen LogP contribution in [0.25, 0.3) is 0 Å². The van der Waals surface area contributed by atoms with Gasteiger partial charge in [-0.2, -0.15) is 0 Å². The van der Waals surface area contributed by atoms with E-state index in [9.17, 15) is 14.4 Å². The number of halogens is 2. The molecule has 3 aromatic carbocycles. The van der Waals surface area contributed by atoms with Crippen molar-refractivity contribution in [1.29, 1.82) is 0 Å². The molecule has 11 heteroatoms. The third-order valence-electron chi connectivity index (χ3n) is 6.74. The standard InChI is InChI=1S/C28H20BrClN2O5S2/c1-36-20-12-15(5-10-19(20)37-13-14-3-2-4-17(30)11-14)21-22-24(38-25-23(21)39-28(35)31-25)27(34)32(26(22)33)18-8-6-16(29)7-9-18/h2-12,21-22,24H,13H2,1H3,(H,31,35). The smallest absolute Gasteiger partial charge is 0.305 e. The van der Waals surface area contributed by atoms with Gasteiger partial charge in [-0.25, -0.2) is 4.90 Å². The molecular weight excluding hydrogens is 624 g/mol. The number of hydrogen-bond donors (Lipinski definition) is 1. The number of rotatable bonds is 6. The van der Waals surface area contributed by atoms with E-state index < -0.39 is 17.1 Å². The van der Waals surface area contributed by atoms with Gasteiger partial charge in [-0.3, -0.25) is 14.4 Å². The van der Waals surface area contributed by atoms with Crippen LogP contribution in [0.4, 0.5) is 5.69 Å². The number of nitrogens with zero attached hydrogens (tertiary/aromatic N) is 1. The average Bonchev–Trinajstić information content (AvgIpc) is 3.42. The number of benzene rings is 3. The number of ether oxygens (including phenoxy) is 2. The molecule has 2 aliphatic rings. The first-order valence-corrected chi connectivity index (χ1v) is 14.8. The SMILES string of the molecule is COc1cc(C2c3sc(=O)[nH]c3SC3C(=O)N(c4ccc(Br)cc4)C(=O)C32)ccc1OCc1cccc(Cl)c1. The van der Waals surface area contributed by atoms with E-state index in [1.165, 1.54) is 16.7 Å². The predicted octanol–water partition coefficient (Wildman–Crippen LogP) is 6.24. The highest BCUT2D eigenvalue weighted by molar-refractivity contribution is 9.10. The molecule has 1 aromatic heterocycles. The quantitative estimate of drug-likeness (QED) is 0.251. The molecule has 2 amide bonds. The van der Waals surface area contributed by atoms with Gasteiger partial charge in [-0.15, -0.1) is 0 Å². The number of thiazole rings is 1. The normalized spacial score (nSPS) is 20.1. The first-order valence-electron chi connectivity index (χ1n) is 11.9. The van der Waals surface area contributed by atoms with E-state index in [0.717, 1.165) is 31.8 Å².